The minimum Gasteiger partial charge on any atom is -0.507 e. The summed E-state index contributed by atoms with van der Waals surface area (Å²) in [5.41, 5.74) is 2.77. The maximum atomic E-state index is 13.4. The van der Waals surface area contributed by atoms with Gasteiger partial charge in [-0.15, -0.1) is 0 Å². The Morgan fingerprint density at radius 1 is 0.865 bits per heavy atom. The number of hydrogen-bond acceptors (Lipinski definition) is 6. The van der Waals surface area contributed by atoms with E-state index >= 15 is 0 Å². The lowest BCUT2D eigenvalue weighted by Crippen LogP contribution is -2.29. The van der Waals surface area contributed by atoms with Crippen LogP contribution in [0.4, 0.5) is 11.4 Å². The fourth-order valence-corrected chi connectivity index (χ4v) is 4.64. The van der Waals surface area contributed by atoms with Crippen molar-refractivity contribution >= 4 is 28.8 Å². The van der Waals surface area contributed by atoms with E-state index in [4.69, 9.17) is 9.47 Å². The van der Waals surface area contributed by atoms with Crippen LogP contribution in [0.3, 0.4) is 0 Å². The highest BCUT2D eigenvalue weighted by atomic mass is 16.5. The molecule has 37 heavy (non-hydrogen) atoms. The van der Waals surface area contributed by atoms with Gasteiger partial charge in [-0.2, -0.15) is 0 Å². The number of carbonyl (C=O) groups excluding carboxylic acids is 2. The monoisotopic (exact) mass is 500 g/mol. The molecule has 1 atom stereocenters. The Bertz CT molecular complexity index is 1280. The molecule has 0 saturated carbocycles. The second-order valence-electron chi connectivity index (χ2n) is 8.59. The van der Waals surface area contributed by atoms with E-state index in [9.17, 15) is 14.7 Å². The molecule has 1 aliphatic heterocycles. The minimum absolute atomic E-state index is 0.0422. The summed E-state index contributed by atoms with van der Waals surface area (Å²) in [5, 5.41) is 11.3. The topological polar surface area (TPSA) is 79.3 Å². The molecule has 7 heteroatoms. The third-order valence-corrected chi connectivity index (χ3v) is 6.57. The molecule has 0 radical (unpaired) electrons. The van der Waals surface area contributed by atoms with E-state index in [1.807, 2.05) is 31.2 Å². The van der Waals surface area contributed by atoms with Crippen LogP contribution in [0.1, 0.15) is 37.9 Å². The van der Waals surface area contributed by atoms with E-state index in [0.29, 0.717) is 29.4 Å². The summed E-state index contributed by atoms with van der Waals surface area (Å²) >= 11 is 0. The van der Waals surface area contributed by atoms with Crippen molar-refractivity contribution < 1.29 is 24.2 Å². The number of ketones is 1. The first kappa shape index (κ1) is 25.8. The Morgan fingerprint density at radius 3 is 2.00 bits per heavy atom. The third-order valence-electron chi connectivity index (χ3n) is 6.57. The van der Waals surface area contributed by atoms with Crippen LogP contribution in [-0.4, -0.2) is 43.6 Å². The molecule has 1 amide bonds. The third kappa shape index (κ3) is 5.03. The number of benzene rings is 3. The predicted octanol–water partition coefficient (Wildman–Crippen LogP) is 5.57. The first-order chi connectivity index (χ1) is 17.9. The quantitative estimate of drug-likeness (QED) is 0.235. The lowest BCUT2D eigenvalue weighted by molar-refractivity contribution is -0.132. The van der Waals surface area contributed by atoms with Gasteiger partial charge in [0.05, 0.1) is 25.3 Å². The molecule has 1 saturated heterocycles. The SMILES string of the molecule is CCOc1ccc(/C(O)=C2/C(=O)C(=O)N(c3ccc(OC)cc3)C2c2ccc(N(CC)CC)cc2)cc1. The smallest absolute Gasteiger partial charge is 0.300 e. The van der Waals surface area contributed by atoms with E-state index in [0.717, 1.165) is 24.3 Å². The summed E-state index contributed by atoms with van der Waals surface area (Å²) in [7, 11) is 1.56. The largest absolute Gasteiger partial charge is 0.507 e. The summed E-state index contributed by atoms with van der Waals surface area (Å²) in [6, 6.07) is 20.7. The molecule has 192 valence electrons. The number of methoxy groups -OCH3 is 1. The molecular formula is C30H32N2O5. The highest BCUT2D eigenvalue weighted by Gasteiger charge is 2.47. The molecule has 0 aliphatic carbocycles. The summed E-state index contributed by atoms with van der Waals surface area (Å²) < 4.78 is 10.8. The average molecular weight is 501 g/mol. The molecule has 4 rings (SSSR count). The van der Waals surface area contributed by atoms with E-state index in [-0.39, 0.29) is 11.3 Å². The van der Waals surface area contributed by atoms with Gasteiger partial charge >= 0.3 is 0 Å². The van der Waals surface area contributed by atoms with Gasteiger partial charge in [0.25, 0.3) is 11.7 Å². The van der Waals surface area contributed by atoms with E-state index in [1.165, 1.54) is 4.90 Å². The van der Waals surface area contributed by atoms with Gasteiger partial charge in [-0.3, -0.25) is 14.5 Å². The Morgan fingerprint density at radius 2 is 1.46 bits per heavy atom. The van der Waals surface area contributed by atoms with Crippen LogP contribution in [-0.2, 0) is 9.59 Å². The van der Waals surface area contributed by atoms with E-state index in [2.05, 4.69) is 18.7 Å². The summed E-state index contributed by atoms with van der Waals surface area (Å²) in [6.07, 6.45) is 0. The number of carbonyl (C=O) groups is 2. The van der Waals surface area contributed by atoms with Gasteiger partial charge in [-0.1, -0.05) is 12.1 Å². The zero-order valence-electron chi connectivity index (χ0n) is 21.6. The van der Waals surface area contributed by atoms with Crippen molar-refractivity contribution in [2.45, 2.75) is 26.8 Å². The number of aliphatic hydroxyl groups is 1. The van der Waals surface area contributed by atoms with Crippen LogP contribution in [0, 0.1) is 0 Å². The number of anilines is 2. The van der Waals surface area contributed by atoms with Crippen molar-refractivity contribution in [1.29, 1.82) is 0 Å². The summed E-state index contributed by atoms with van der Waals surface area (Å²) in [5.74, 6) is -0.373. The molecule has 7 nitrogen and oxygen atoms in total. The number of Topliss-reactive ketones (excluding diaryl/α,β-unsaturated/α-hetero) is 1. The predicted molar refractivity (Wildman–Crippen MR) is 145 cm³/mol. The summed E-state index contributed by atoms with van der Waals surface area (Å²) in [6.45, 7) is 8.30. The Labute approximate surface area is 217 Å². The number of nitrogens with zero attached hydrogens (tertiary/aromatic N) is 2. The first-order valence-electron chi connectivity index (χ1n) is 12.5. The van der Waals surface area contributed by atoms with E-state index < -0.39 is 17.7 Å². The Balaban J connectivity index is 1.85. The van der Waals surface area contributed by atoms with Crippen LogP contribution >= 0.6 is 0 Å². The summed E-state index contributed by atoms with van der Waals surface area (Å²) in [4.78, 5) is 30.4. The molecule has 3 aromatic carbocycles. The molecule has 0 bridgehead atoms. The molecule has 1 fully saturated rings. The van der Waals surface area contributed by atoms with Crippen LogP contribution in [0.25, 0.3) is 5.76 Å². The van der Waals surface area contributed by atoms with Crippen molar-refractivity contribution in [1.82, 2.24) is 0 Å². The maximum absolute atomic E-state index is 13.4. The highest BCUT2D eigenvalue weighted by molar-refractivity contribution is 6.51. The molecule has 0 aromatic heterocycles. The van der Waals surface area contributed by atoms with Crippen molar-refractivity contribution in [2.75, 3.05) is 36.6 Å². The van der Waals surface area contributed by atoms with Crippen molar-refractivity contribution in [3.05, 3.63) is 89.5 Å². The number of aliphatic hydroxyl groups excluding tert-OH is 1. The lowest BCUT2D eigenvalue weighted by Gasteiger charge is -2.27. The van der Waals surface area contributed by atoms with Crippen LogP contribution in [0.5, 0.6) is 11.5 Å². The average Bonchev–Trinajstić information content (AvgIpc) is 3.20. The maximum Gasteiger partial charge on any atom is 0.300 e. The van der Waals surface area contributed by atoms with Crippen molar-refractivity contribution in [3.8, 4) is 11.5 Å². The number of amides is 1. The molecular weight excluding hydrogens is 468 g/mol. The fourth-order valence-electron chi connectivity index (χ4n) is 4.64. The zero-order chi connectivity index (χ0) is 26.5. The fraction of sp³-hybridized carbons (Fsp3) is 0.267. The van der Waals surface area contributed by atoms with Crippen LogP contribution < -0.4 is 19.3 Å². The molecule has 0 spiro atoms. The number of hydrogen-bond donors (Lipinski definition) is 1. The second-order valence-corrected chi connectivity index (χ2v) is 8.59. The molecule has 3 aromatic rings. The van der Waals surface area contributed by atoms with Crippen molar-refractivity contribution in [3.63, 3.8) is 0 Å². The standard InChI is InChI=1S/C30H32N2O5/c1-5-31(6-2)22-12-8-20(9-13-22)27-26(28(33)21-10-16-25(17-11-21)37-7-3)29(34)30(35)32(27)23-14-18-24(36-4)19-15-23/h8-19,27,33H,5-7H2,1-4H3/b28-26-. The van der Waals surface area contributed by atoms with Gasteiger partial charge in [0.15, 0.2) is 0 Å². The number of rotatable bonds is 9. The molecule has 1 unspecified atom stereocenters. The normalized spacial score (nSPS) is 16.6. The van der Waals surface area contributed by atoms with Gasteiger partial charge in [0.2, 0.25) is 0 Å². The van der Waals surface area contributed by atoms with Gasteiger partial charge in [-0.25, -0.2) is 0 Å². The minimum atomic E-state index is -0.800. The van der Waals surface area contributed by atoms with Gasteiger partial charge in [0.1, 0.15) is 17.3 Å². The highest BCUT2D eigenvalue weighted by Crippen LogP contribution is 2.43. The second kappa shape index (κ2) is 11.2. The lowest BCUT2D eigenvalue weighted by atomic mass is 9.94. The van der Waals surface area contributed by atoms with Crippen molar-refractivity contribution in [2.24, 2.45) is 0 Å². The van der Waals surface area contributed by atoms with Gasteiger partial charge < -0.3 is 19.5 Å². The molecule has 1 heterocycles. The molecule has 1 N–H and O–H groups in total. The number of ether oxygens (including phenoxy) is 2. The zero-order valence-corrected chi connectivity index (χ0v) is 21.6. The van der Waals surface area contributed by atoms with Gasteiger partial charge in [-0.05, 0) is 87.0 Å². The Hall–Kier alpha value is -4.26. The van der Waals surface area contributed by atoms with Crippen LogP contribution in [0.15, 0.2) is 78.4 Å². The van der Waals surface area contributed by atoms with Gasteiger partial charge in [0, 0.05) is 30.0 Å². The Kier molecular flexibility index (Phi) is 7.82. The first-order valence-corrected chi connectivity index (χ1v) is 12.5. The van der Waals surface area contributed by atoms with Crippen LogP contribution in [0.2, 0.25) is 0 Å². The van der Waals surface area contributed by atoms with E-state index in [1.54, 1.807) is 55.6 Å². The molecule has 1 aliphatic rings.